The summed E-state index contributed by atoms with van der Waals surface area (Å²) in [5.74, 6) is 0.255. The molecule has 0 bridgehead atoms. The Bertz CT molecular complexity index is 371. The van der Waals surface area contributed by atoms with Crippen molar-refractivity contribution in [2.45, 2.75) is 63.6 Å². The summed E-state index contributed by atoms with van der Waals surface area (Å²) < 4.78 is 11.2. The molecular formula is C17H30N2O3. The van der Waals surface area contributed by atoms with E-state index in [9.17, 15) is 4.79 Å². The van der Waals surface area contributed by atoms with Crippen molar-refractivity contribution in [1.29, 1.82) is 0 Å². The maximum Gasteiger partial charge on any atom is 0.225 e. The van der Waals surface area contributed by atoms with Crippen LogP contribution in [-0.2, 0) is 14.3 Å². The van der Waals surface area contributed by atoms with Crippen LogP contribution in [0.4, 0.5) is 0 Å². The van der Waals surface area contributed by atoms with Crippen molar-refractivity contribution in [3.05, 3.63) is 0 Å². The highest BCUT2D eigenvalue weighted by Crippen LogP contribution is 2.24. The Balaban J connectivity index is 1.39. The lowest BCUT2D eigenvalue weighted by molar-refractivity contribution is -0.139. The fraction of sp³-hybridized carbons (Fsp3) is 0.941. The lowest BCUT2D eigenvalue weighted by Crippen LogP contribution is -2.60. The van der Waals surface area contributed by atoms with E-state index >= 15 is 0 Å². The molecule has 0 spiro atoms. The Labute approximate surface area is 133 Å². The molecular weight excluding hydrogens is 280 g/mol. The van der Waals surface area contributed by atoms with E-state index < -0.39 is 0 Å². The van der Waals surface area contributed by atoms with Gasteiger partial charge in [-0.15, -0.1) is 0 Å². The first-order chi connectivity index (χ1) is 10.7. The van der Waals surface area contributed by atoms with Crippen LogP contribution in [0.5, 0.6) is 0 Å². The fourth-order valence-corrected chi connectivity index (χ4v) is 3.99. The summed E-state index contributed by atoms with van der Waals surface area (Å²) in [4.78, 5) is 17.1. The second-order valence-electron chi connectivity index (χ2n) is 7.00. The summed E-state index contributed by atoms with van der Waals surface area (Å²) in [6, 6.07) is 0.918. The third-order valence-corrected chi connectivity index (χ3v) is 5.30. The third-order valence-electron chi connectivity index (χ3n) is 5.30. The molecule has 0 aromatic carbocycles. The lowest BCUT2D eigenvalue weighted by atomic mass is 9.97. The predicted molar refractivity (Wildman–Crippen MR) is 84.8 cm³/mol. The van der Waals surface area contributed by atoms with Crippen LogP contribution in [0.3, 0.4) is 0 Å². The number of amides is 1. The first-order valence-corrected chi connectivity index (χ1v) is 8.97. The first kappa shape index (κ1) is 16.2. The minimum Gasteiger partial charge on any atom is -0.378 e. The van der Waals surface area contributed by atoms with E-state index in [-0.39, 0.29) is 12.0 Å². The molecule has 3 aliphatic heterocycles. The molecule has 3 saturated heterocycles. The van der Waals surface area contributed by atoms with Crippen molar-refractivity contribution in [3.63, 3.8) is 0 Å². The molecule has 3 heterocycles. The van der Waals surface area contributed by atoms with Crippen LogP contribution < -0.4 is 0 Å². The van der Waals surface area contributed by atoms with Gasteiger partial charge in [-0.3, -0.25) is 9.69 Å². The molecule has 1 amide bonds. The zero-order chi connectivity index (χ0) is 15.4. The minimum absolute atomic E-state index is 0.250. The van der Waals surface area contributed by atoms with Crippen LogP contribution in [0.15, 0.2) is 0 Å². The maximum absolute atomic E-state index is 12.5. The van der Waals surface area contributed by atoms with Crippen molar-refractivity contribution in [2.75, 3.05) is 39.5 Å². The summed E-state index contributed by atoms with van der Waals surface area (Å²) in [5.41, 5.74) is 0. The summed E-state index contributed by atoms with van der Waals surface area (Å²) in [6.45, 7) is 7.35. The van der Waals surface area contributed by atoms with E-state index in [2.05, 4.69) is 16.7 Å². The van der Waals surface area contributed by atoms with Gasteiger partial charge in [0.2, 0.25) is 5.91 Å². The van der Waals surface area contributed by atoms with Gasteiger partial charge in [0.25, 0.3) is 0 Å². The number of carbonyl (C=O) groups excluding carboxylic acids is 1. The van der Waals surface area contributed by atoms with Crippen LogP contribution in [0, 0.1) is 0 Å². The molecule has 0 unspecified atom stereocenters. The van der Waals surface area contributed by atoms with E-state index in [1.165, 1.54) is 25.8 Å². The number of fused-ring (bicyclic) bond motifs is 1. The van der Waals surface area contributed by atoms with Crippen LogP contribution >= 0.6 is 0 Å². The summed E-state index contributed by atoms with van der Waals surface area (Å²) >= 11 is 0. The van der Waals surface area contributed by atoms with E-state index in [4.69, 9.17) is 9.47 Å². The molecule has 5 nitrogen and oxygen atoms in total. The number of rotatable bonds is 5. The summed E-state index contributed by atoms with van der Waals surface area (Å²) in [5, 5.41) is 0. The molecule has 3 atom stereocenters. The smallest absolute Gasteiger partial charge is 0.225 e. The third kappa shape index (κ3) is 4.00. The first-order valence-electron chi connectivity index (χ1n) is 8.97. The molecule has 5 heteroatoms. The SMILES string of the molecule is C[C@@H]1CN2CCCC[C@H]2CN1C(=O)CCOC[C@H]1CCCO1. The number of hydrogen-bond acceptors (Lipinski definition) is 4. The molecule has 0 N–H and O–H groups in total. The number of piperazine rings is 1. The summed E-state index contributed by atoms with van der Waals surface area (Å²) in [7, 11) is 0. The van der Waals surface area contributed by atoms with Gasteiger partial charge in [-0.25, -0.2) is 0 Å². The van der Waals surface area contributed by atoms with Crippen molar-refractivity contribution in [3.8, 4) is 0 Å². The number of carbonyl (C=O) groups is 1. The van der Waals surface area contributed by atoms with Gasteiger partial charge in [0.05, 0.1) is 25.7 Å². The number of hydrogen-bond donors (Lipinski definition) is 0. The zero-order valence-electron chi connectivity index (χ0n) is 13.8. The molecule has 0 aromatic heterocycles. The molecule has 0 aromatic rings. The van der Waals surface area contributed by atoms with Gasteiger partial charge >= 0.3 is 0 Å². The molecule has 0 aliphatic carbocycles. The Morgan fingerprint density at radius 1 is 1.23 bits per heavy atom. The van der Waals surface area contributed by atoms with Crippen LogP contribution in [-0.4, -0.2) is 73.3 Å². The van der Waals surface area contributed by atoms with Gasteiger partial charge in [0.15, 0.2) is 0 Å². The molecule has 0 saturated carbocycles. The standard InChI is InChI=1S/C17H30N2O3/c1-14-11-18-8-3-2-5-15(18)12-19(14)17(20)7-10-21-13-16-6-4-9-22-16/h14-16H,2-13H2,1H3/t14-,15+,16-/m1/s1. The van der Waals surface area contributed by atoms with Gasteiger partial charge in [0, 0.05) is 31.8 Å². The summed E-state index contributed by atoms with van der Waals surface area (Å²) in [6.07, 6.45) is 6.84. The number of ether oxygens (including phenoxy) is 2. The molecule has 126 valence electrons. The maximum atomic E-state index is 12.5. The molecule has 3 aliphatic rings. The highest BCUT2D eigenvalue weighted by atomic mass is 16.5. The van der Waals surface area contributed by atoms with Crippen molar-refractivity contribution >= 4 is 5.91 Å². The molecule has 22 heavy (non-hydrogen) atoms. The monoisotopic (exact) mass is 310 g/mol. The largest absolute Gasteiger partial charge is 0.378 e. The number of piperidine rings is 1. The molecule has 0 radical (unpaired) electrons. The van der Waals surface area contributed by atoms with Crippen LogP contribution in [0.25, 0.3) is 0 Å². The highest BCUT2D eigenvalue weighted by Gasteiger charge is 2.34. The highest BCUT2D eigenvalue weighted by molar-refractivity contribution is 5.76. The van der Waals surface area contributed by atoms with Gasteiger partial charge < -0.3 is 14.4 Å². The lowest BCUT2D eigenvalue weighted by Gasteiger charge is -2.47. The predicted octanol–water partition coefficient (Wildman–Crippen LogP) is 1.66. The number of nitrogens with zero attached hydrogens (tertiary/aromatic N) is 2. The van der Waals surface area contributed by atoms with Gasteiger partial charge in [0.1, 0.15) is 0 Å². The average molecular weight is 310 g/mol. The van der Waals surface area contributed by atoms with E-state index in [1.54, 1.807) is 0 Å². The molecule has 3 rings (SSSR count). The van der Waals surface area contributed by atoms with Crippen molar-refractivity contribution < 1.29 is 14.3 Å². The zero-order valence-corrected chi connectivity index (χ0v) is 13.8. The van der Waals surface area contributed by atoms with Crippen LogP contribution in [0.1, 0.15) is 45.4 Å². The van der Waals surface area contributed by atoms with E-state index in [1.807, 2.05) is 0 Å². The van der Waals surface area contributed by atoms with Gasteiger partial charge in [-0.2, -0.15) is 0 Å². The van der Waals surface area contributed by atoms with Crippen LogP contribution in [0.2, 0.25) is 0 Å². The van der Waals surface area contributed by atoms with Crippen molar-refractivity contribution in [1.82, 2.24) is 9.80 Å². The average Bonchev–Trinajstić information content (AvgIpc) is 3.04. The van der Waals surface area contributed by atoms with Gasteiger partial charge in [-0.1, -0.05) is 6.42 Å². The Hall–Kier alpha value is -0.650. The van der Waals surface area contributed by atoms with E-state index in [0.717, 1.165) is 32.5 Å². The fourth-order valence-electron chi connectivity index (χ4n) is 3.99. The Kier molecular flexibility index (Phi) is 5.71. The second kappa shape index (κ2) is 7.75. The Morgan fingerprint density at radius 3 is 2.95 bits per heavy atom. The Morgan fingerprint density at radius 2 is 2.14 bits per heavy atom. The van der Waals surface area contributed by atoms with Crippen molar-refractivity contribution in [2.24, 2.45) is 0 Å². The topological polar surface area (TPSA) is 42.0 Å². The molecule has 3 fully saturated rings. The second-order valence-corrected chi connectivity index (χ2v) is 7.00. The van der Waals surface area contributed by atoms with E-state index in [0.29, 0.717) is 31.7 Å². The normalized spacial score (nSPS) is 33.0. The quantitative estimate of drug-likeness (QED) is 0.724. The minimum atomic E-state index is 0.250. The van der Waals surface area contributed by atoms with Gasteiger partial charge in [-0.05, 0) is 39.2 Å².